The Morgan fingerprint density at radius 2 is 1.82 bits per heavy atom. The third-order valence-electron chi connectivity index (χ3n) is 4.99. The van der Waals surface area contributed by atoms with Crippen molar-refractivity contribution in [3.05, 3.63) is 35.9 Å². The van der Waals surface area contributed by atoms with Crippen LogP contribution in [0.1, 0.15) is 12.5 Å². The summed E-state index contributed by atoms with van der Waals surface area (Å²) in [6.07, 6.45) is -0.180. The Labute approximate surface area is 179 Å². The average molecular weight is 433 g/mol. The summed E-state index contributed by atoms with van der Waals surface area (Å²) in [6.45, 7) is 7.17. The number of morpholine rings is 1. The number of piperazine rings is 1. The predicted molar refractivity (Wildman–Crippen MR) is 113 cm³/mol. The molecule has 2 heterocycles. The molecule has 2 aliphatic rings. The fourth-order valence-electron chi connectivity index (χ4n) is 3.41. The van der Waals surface area contributed by atoms with Crippen LogP contribution in [0.4, 0.5) is 0 Å². The van der Waals surface area contributed by atoms with Crippen LogP contribution in [0, 0.1) is 0 Å². The van der Waals surface area contributed by atoms with Gasteiger partial charge < -0.3 is 20.3 Å². The Morgan fingerprint density at radius 3 is 2.46 bits per heavy atom. The van der Waals surface area contributed by atoms with Crippen molar-refractivity contribution >= 4 is 36.6 Å². The molecule has 7 nitrogen and oxygen atoms in total. The zero-order chi connectivity index (χ0) is 18.4. The van der Waals surface area contributed by atoms with Crippen LogP contribution in [0.3, 0.4) is 0 Å². The van der Waals surface area contributed by atoms with Gasteiger partial charge in [-0.25, -0.2) is 0 Å². The van der Waals surface area contributed by atoms with Crippen LogP contribution in [0.5, 0.6) is 0 Å². The minimum Gasteiger partial charge on any atom is -0.375 e. The lowest BCUT2D eigenvalue weighted by Gasteiger charge is -2.35. The van der Waals surface area contributed by atoms with Gasteiger partial charge >= 0.3 is 0 Å². The van der Waals surface area contributed by atoms with Crippen molar-refractivity contribution in [1.82, 2.24) is 20.4 Å². The van der Waals surface area contributed by atoms with Crippen molar-refractivity contribution in [1.29, 1.82) is 0 Å². The summed E-state index contributed by atoms with van der Waals surface area (Å²) in [7, 11) is 0. The van der Waals surface area contributed by atoms with E-state index < -0.39 is 0 Å². The zero-order valence-corrected chi connectivity index (χ0v) is 17.8. The molecule has 0 aromatic heterocycles. The highest BCUT2D eigenvalue weighted by atomic mass is 35.5. The number of ether oxygens (including phenoxy) is 1. The molecule has 0 bridgehead atoms. The van der Waals surface area contributed by atoms with E-state index in [0.717, 1.165) is 19.6 Å². The lowest BCUT2D eigenvalue weighted by atomic mass is 10.1. The van der Waals surface area contributed by atoms with Crippen molar-refractivity contribution in [2.75, 3.05) is 45.9 Å². The summed E-state index contributed by atoms with van der Waals surface area (Å²) >= 11 is 0. The van der Waals surface area contributed by atoms with Gasteiger partial charge in [0.25, 0.3) is 0 Å². The van der Waals surface area contributed by atoms with Crippen LogP contribution in [-0.4, -0.2) is 79.6 Å². The Morgan fingerprint density at radius 1 is 1.14 bits per heavy atom. The van der Waals surface area contributed by atoms with Gasteiger partial charge in [0, 0.05) is 39.3 Å². The number of carbonyl (C=O) groups excluding carboxylic acids is 2. The highest BCUT2D eigenvalue weighted by molar-refractivity contribution is 5.88. The average Bonchev–Trinajstić information content (AvgIpc) is 2.67. The molecule has 0 saturated carbocycles. The molecule has 2 amide bonds. The van der Waals surface area contributed by atoms with Gasteiger partial charge in [-0.2, -0.15) is 0 Å². The maximum absolute atomic E-state index is 12.4. The molecular weight excluding hydrogens is 403 g/mol. The van der Waals surface area contributed by atoms with Crippen molar-refractivity contribution in [2.45, 2.75) is 25.6 Å². The molecule has 2 N–H and O–H groups in total. The van der Waals surface area contributed by atoms with Crippen molar-refractivity contribution in [3.8, 4) is 0 Å². The number of amides is 2. The highest BCUT2D eigenvalue weighted by Crippen LogP contribution is 2.09. The van der Waals surface area contributed by atoms with Crippen LogP contribution in [0.25, 0.3) is 0 Å². The van der Waals surface area contributed by atoms with Crippen LogP contribution in [0.15, 0.2) is 30.3 Å². The van der Waals surface area contributed by atoms with E-state index in [2.05, 4.69) is 27.7 Å². The summed E-state index contributed by atoms with van der Waals surface area (Å²) < 4.78 is 5.47. The first-order valence-corrected chi connectivity index (χ1v) is 9.30. The molecule has 1 aromatic carbocycles. The van der Waals surface area contributed by atoms with E-state index in [1.807, 2.05) is 30.0 Å². The fraction of sp³-hybridized carbons (Fsp3) is 0.579. The Hall–Kier alpha value is -1.38. The maximum Gasteiger partial charge on any atom is 0.242 e. The van der Waals surface area contributed by atoms with Gasteiger partial charge in [-0.05, 0) is 12.5 Å². The summed E-state index contributed by atoms with van der Waals surface area (Å²) in [5.74, 6) is -0.199. The summed E-state index contributed by atoms with van der Waals surface area (Å²) in [6, 6.07) is 9.97. The van der Waals surface area contributed by atoms with Gasteiger partial charge in [-0.1, -0.05) is 30.3 Å². The van der Waals surface area contributed by atoms with Gasteiger partial charge in [0.05, 0.1) is 19.3 Å². The number of halogens is 2. The molecule has 2 aliphatic heterocycles. The molecule has 2 atom stereocenters. The minimum atomic E-state index is -0.390. The second-order valence-electron chi connectivity index (χ2n) is 6.87. The van der Waals surface area contributed by atoms with E-state index in [1.54, 1.807) is 0 Å². The zero-order valence-electron chi connectivity index (χ0n) is 16.1. The molecule has 28 heavy (non-hydrogen) atoms. The largest absolute Gasteiger partial charge is 0.375 e. The summed E-state index contributed by atoms with van der Waals surface area (Å²) in [4.78, 5) is 28.8. The van der Waals surface area contributed by atoms with E-state index in [1.165, 1.54) is 5.56 Å². The number of benzene rings is 1. The van der Waals surface area contributed by atoms with Gasteiger partial charge in [0.15, 0.2) is 0 Å². The third kappa shape index (κ3) is 6.90. The maximum atomic E-state index is 12.4. The molecule has 0 radical (unpaired) electrons. The quantitative estimate of drug-likeness (QED) is 0.714. The van der Waals surface area contributed by atoms with Crippen LogP contribution >= 0.6 is 24.8 Å². The minimum absolute atomic E-state index is 0. The molecule has 3 rings (SSSR count). The molecule has 2 saturated heterocycles. The van der Waals surface area contributed by atoms with E-state index in [9.17, 15) is 9.59 Å². The number of carbonyl (C=O) groups is 2. The van der Waals surface area contributed by atoms with E-state index in [-0.39, 0.29) is 55.3 Å². The SMILES string of the molecule is C[C@H]1OCCN[C@@H]1C(=O)NCC(=O)N1CCN(Cc2ccccc2)CC1.Cl.Cl. The third-order valence-corrected chi connectivity index (χ3v) is 4.99. The fourth-order valence-corrected chi connectivity index (χ4v) is 3.41. The lowest BCUT2D eigenvalue weighted by Crippen LogP contribution is -2.57. The number of nitrogens with one attached hydrogen (secondary N) is 2. The smallest absolute Gasteiger partial charge is 0.242 e. The van der Waals surface area contributed by atoms with E-state index >= 15 is 0 Å². The molecular formula is C19H30Cl2N4O3. The molecule has 0 spiro atoms. The molecule has 1 aromatic rings. The predicted octanol–water partition coefficient (Wildman–Crippen LogP) is 0.668. The van der Waals surface area contributed by atoms with Gasteiger partial charge in [-0.15, -0.1) is 24.8 Å². The molecule has 0 unspecified atom stereocenters. The number of nitrogens with zero attached hydrogens (tertiary/aromatic N) is 2. The second kappa shape index (κ2) is 12.2. The number of hydrogen-bond acceptors (Lipinski definition) is 5. The number of rotatable bonds is 5. The Bertz CT molecular complexity index is 612. The van der Waals surface area contributed by atoms with E-state index in [4.69, 9.17) is 4.74 Å². The lowest BCUT2D eigenvalue weighted by molar-refractivity contribution is -0.136. The van der Waals surface area contributed by atoms with Gasteiger partial charge in [-0.3, -0.25) is 14.5 Å². The van der Waals surface area contributed by atoms with Crippen molar-refractivity contribution in [2.24, 2.45) is 0 Å². The standard InChI is InChI=1S/C19H28N4O3.2ClH/c1-15-18(20-7-12-26-15)19(25)21-13-17(24)23-10-8-22(9-11-23)14-16-5-3-2-4-6-16;;/h2-6,15,18,20H,7-14H2,1H3,(H,21,25);2*1H/t15-,18+;;/m1../s1. The topological polar surface area (TPSA) is 73.9 Å². The van der Waals surface area contributed by atoms with Crippen LogP contribution in [0.2, 0.25) is 0 Å². The first kappa shape index (κ1) is 24.7. The molecule has 158 valence electrons. The van der Waals surface area contributed by atoms with Crippen LogP contribution < -0.4 is 10.6 Å². The molecule has 2 fully saturated rings. The first-order valence-electron chi connectivity index (χ1n) is 9.30. The van der Waals surface area contributed by atoms with Gasteiger partial charge in [0.2, 0.25) is 11.8 Å². The number of hydrogen-bond donors (Lipinski definition) is 2. The highest BCUT2D eigenvalue weighted by Gasteiger charge is 2.29. The second-order valence-corrected chi connectivity index (χ2v) is 6.87. The summed E-state index contributed by atoms with van der Waals surface area (Å²) in [5.41, 5.74) is 1.29. The summed E-state index contributed by atoms with van der Waals surface area (Å²) in [5, 5.41) is 5.88. The monoisotopic (exact) mass is 432 g/mol. The van der Waals surface area contributed by atoms with Gasteiger partial charge in [0.1, 0.15) is 6.04 Å². The Balaban J connectivity index is 0.00000196. The van der Waals surface area contributed by atoms with Crippen molar-refractivity contribution < 1.29 is 14.3 Å². The normalized spacial score (nSPS) is 22.5. The Kier molecular flexibility index (Phi) is 10.8. The first-order chi connectivity index (χ1) is 12.6. The van der Waals surface area contributed by atoms with Crippen LogP contribution in [-0.2, 0) is 20.9 Å². The molecule has 9 heteroatoms. The van der Waals surface area contributed by atoms with E-state index in [0.29, 0.717) is 26.2 Å². The van der Waals surface area contributed by atoms with Crippen molar-refractivity contribution in [3.63, 3.8) is 0 Å². The molecule has 0 aliphatic carbocycles.